The van der Waals surface area contributed by atoms with E-state index < -0.39 is 0 Å². The Hall–Kier alpha value is -0.990. The van der Waals surface area contributed by atoms with Crippen molar-refractivity contribution in [2.45, 2.75) is 25.7 Å². The molecule has 20 heavy (non-hydrogen) atoms. The SMILES string of the molecule is COC(=O)C1=C(c2ccc(Cl)c(Cl)c2)C[C@@H]2CC[C@H]1C2. The van der Waals surface area contributed by atoms with Crippen molar-refractivity contribution in [2.24, 2.45) is 11.8 Å². The maximum Gasteiger partial charge on any atom is 0.334 e. The van der Waals surface area contributed by atoms with Crippen LogP contribution in [0, 0.1) is 11.8 Å². The Labute approximate surface area is 128 Å². The number of methoxy groups -OCH3 is 1. The molecule has 1 aromatic carbocycles. The number of carbonyl (C=O) groups is 1. The largest absolute Gasteiger partial charge is 0.466 e. The zero-order valence-corrected chi connectivity index (χ0v) is 12.8. The zero-order valence-electron chi connectivity index (χ0n) is 11.3. The Kier molecular flexibility index (Phi) is 3.78. The van der Waals surface area contributed by atoms with E-state index in [0.29, 0.717) is 21.9 Å². The lowest BCUT2D eigenvalue weighted by Gasteiger charge is -2.25. The van der Waals surface area contributed by atoms with Gasteiger partial charge in [0.1, 0.15) is 0 Å². The molecule has 2 atom stereocenters. The molecule has 1 saturated carbocycles. The highest BCUT2D eigenvalue weighted by atomic mass is 35.5. The fraction of sp³-hybridized carbons (Fsp3) is 0.438. The summed E-state index contributed by atoms with van der Waals surface area (Å²) in [5, 5.41) is 1.06. The van der Waals surface area contributed by atoms with Crippen LogP contribution in [0.3, 0.4) is 0 Å². The molecule has 0 N–H and O–H groups in total. The van der Waals surface area contributed by atoms with Gasteiger partial charge in [-0.15, -0.1) is 0 Å². The van der Waals surface area contributed by atoms with Gasteiger partial charge in [-0.2, -0.15) is 0 Å². The first-order chi connectivity index (χ1) is 9.60. The quantitative estimate of drug-likeness (QED) is 0.737. The highest BCUT2D eigenvalue weighted by Gasteiger charge is 2.38. The number of benzene rings is 1. The van der Waals surface area contributed by atoms with Crippen LogP contribution in [0.5, 0.6) is 0 Å². The van der Waals surface area contributed by atoms with Gasteiger partial charge in [0.05, 0.1) is 17.2 Å². The van der Waals surface area contributed by atoms with Gasteiger partial charge in [0.2, 0.25) is 0 Å². The zero-order chi connectivity index (χ0) is 14.3. The van der Waals surface area contributed by atoms with E-state index in [4.69, 9.17) is 27.9 Å². The molecule has 2 aliphatic rings. The van der Waals surface area contributed by atoms with E-state index in [0.717, 1.165) is 36.0 Å². The van der Waals surface area contributed by atoms with Crippen molar-refractivity contribution in [3.8, 4) is 0 Å². The van der Waals surface area contributed by atoms with Gasteiger partial charge in [-0.05, 0) is 60.8 Å². The normalized spacial score (nSPS) is 24.9. The fourth-order valence-electron chi connectivity index (χ4n) is 3.52. The molecule has 3 rings (SSSR count). The van der Waals surface area contributed by atoms with E-state index in [2.05, 4.69) is 0 Å². The first-order valence-corrected chi connectivity index (χ1v) is 7.62. The average Bonchev–Trinajstić information content (AvgIpc) is 2.82. The summed E-state index contributed by atoms with van der Waals surface area (Å²) >= 11 is 12.1. The fourth-order valence-corrected chi connectivity index (χ4v) is 3.82. The first kappa shape index (κ1) is 14.0. The van der Waals surface area contributed by atoms with Crippen molar-refractivity contribution in [3.05, 3.63) is 39.4 Å². The second-order valence-electron chi connectivity index (χ2n) is 5.59. The smallest absolute Gasteiger partial charge is 0.334 e. The van der Waals surface area contributed by atoms with E-state index in [1.54, 1.807) is 6.07 Å². The monoisotopic (exact) mass is 310 g/mol. The third-order valence-electron chi connectivity index (χ3n) is 4.44. The second-order valence-corrected chi connectivity index (χ2v) is 6.41. The number of hydrogen-bond acceptors (Lipinski definition) is 2. The van der Waals surface area contributed by atoms with Crippen LogP contribution < -0.4 is 0 Å². The number of ether oxygens (including phenoxy) is 1. The van der Waals surface area contributed by atoms with Crippen LogP contribution in [-0.2, 0) is 9.53 Å². The van der Waals surface area contributed by atoms with Crippen LogP contribution >= 0.6 is 23.2 Å². The van der Waals surface area contributed by atoms with Crippen LogP contribution in [0.25, 0.3) is 5.57 Å². The third-order valence-corrected chi connectivity index (χ3v) is 5.18. The van der Waals surface area contributed by atoms with Crippen molar-refractivity contribution in [3.63, 3.8) is 0 Å². The lowest BCUT2D eigenvalue weighted by Crippen LogP contribution is -2.19. The van der Waals surface area contributed by atoms with Gasteiger partial charge in [-0.1, -0.05) is 29.3 Å². The summed E-state index contributed by atoms with van der Waals surface area (Å²) in [7, 11) is 1.45. The summed E-state index contributed by atoms with van der Waals surface area (Å²) in [5.41, 5.74) is 2.94. The molecular formula is C16H16Cl2O2. The molecule has 106 valence electrons. The van der Waals surface area contributed by atoms with Crippen molar-refractivity contribution in [1.82, 2.24) is 0 Å². The summed E-state index contributed by atoms with van der Waals surface area (Å²) < 4.78 is 4.99. The minimum Gasteiger partial charge on any atom is -0.466 e. The van der Waals surface area contributed by atoms with E-state index >= 15 is 0 Å². The van der Waals surface area contributed by atoms with Gasteiger partial charge in [-0.25, -0.2) is 4.79 Å². The molecule has 0 aromatic heterocycles. The maximum absolute atomic E-state index is 12.2. The van der Waals surface area contributed by atoms with Gasteiger partial charge >= 0.3 is 5.97 Å². The molecule has 2 nitrogen and oxygen atoms in total. The van der Waals surface area contributed by atoms with Crippen molar-refractivity contribution >= 4 is 34.7 Å². The van der Waals surface area contributed by atoms with E-state index in [9.17, 15) is 4.79 Å². The van der Waals surface area contributed by atoms with Crippen molar-refractivity contribution in [2.75, 3.05) is 7.11 Å². The summed E-state index contributed by atoms with van der Waals surface area (Å²) in [4.78, 5) is 12.2. The summed E-state index contributed by atoms with van der Waals surface area (Å²) in [5.74, 6) is 0.819. The molecule has 4 heteroatoms. The third kappa shape index (κ3) is 2.36. The molecule has 0 unspecified atom stereocenters. The van der Waals surface area contributed by atoms with Crippen LogP contribution in [0.4, 0.5) is 0 Å². The average molecular weight is 311 g/mol. The van der Waals surface area contributed by atoms with Gasteiger partial charge in [0, 0.05) is 5.57 Å². The molecule has 0 heterocycles. The Balaban J connectivity index is 2.10. The molecule has 0 aliphatic heterocycles. The molecular weight excluding hydrogens is 295 g/mol. The molecule has 1 aromatic rings. The Morgan fingerprint density at radius 2 is 2.05 bits per heavy atom. The molecule has 0 saturated heterocycles. The standard InChI is InChI=1S/C16H16Cl2O2/c1-20-16(19)15-11-3-2-9(6-11)7-12(15)10-4-5-13(17)14(18)8-10/h4-5,8-9,11H,2-3,6-7H2,1H3/t9-,11+/m1/s1. The van der Waals surface area contributed by atoms with Crippen LogP contribution in [0.2, 0.25) is 10.0 Å². The molecule has 2 aliphatic carbocycles. The highest BCUT2D eigenvalue weighted by molar-refractivity contribution is 6.42. The lowest BCUT2D eigenvalue weighted by molar-refractivity contribution is -0.136. The van der Waals surface area contributed by atoms with E-state index in [1.807, 2.05) is 12.1 Å². The predicted molar refractivity (Wildman–Crippen MR) is 80.8 cm³/mol. The minimum atomic E-state index is -0.198. The number of rotatable bonds is 2. The Morgan fingerprint density at radius 1 is 1.25 bits per heavy atom. The summed E-state index contributed by atoms with van der Waals surface area (Å²) in [6.07, 6.45) is 4.31. The molecule has 0 spiro atoms. The van der Waals surface area contributed by atoms with E-state index in [1.165, 1.54) is 13.5 Å². The van der Waals surface area contributed by atoms with Crippen molar-refractivity contribution < 1.29 is 9.53 Å². The Bertz CT molecular complexity index is 592. The number of fused-ring (bicyclic) bond motifs is 2. The van der Waals surface area contributed by atoms with Gasteiger partial charge in [0.15, 0.2) is 0 Å². The number of hydrogen-bond donors (Lipinski definition) is 0. The maximum atomic E-state index is 12.2. The van der Waals surface area contributed by atoms with Gasteiger partial charge in [0.25, 0.3) is 0 Å². The summed E-state index contributed by atoms with van der Waals surface area (Å²) in [6, 6.07) is 5.59. The second kappa shape index (κ2) is 5.42. The minimum absolute atomic E-state index is 0.198. The van der Waals surface area contributed by atoms with Crippen molar-refractivity contribution in [1.29, 1.82) is 0 Å². The molecule has 0 amide bonds. The van der Waals surface area contributed by atoms with Crippen LogP contribution in [-0.4, -0.2) is 13.1 Å². The van der Waals surface area contributed by atoms with E-state index in [-0.39, 0.29) is 5.97 Å². The topological polar surface area (TPSA) is 26.3 Å². The summed E-state index contributed by atoms with van der Waals surface area (Å²) in [6.45, 7) is 0. The molecule has 2 bridgehead atoms. The van der Waals surface area contributed by atoms with Gasteiger partial charge in [-0.3, -0.25) is 0 Å². The Morgan fingerprint density at radius 3 is 2.75 bits per heavy atom. The molecule has 0 radical (unpaired) electrons. The number of halogens is 2. The highest BCUT2D eigenvalue weighted by Crippen LogP contribution is 2.48. The number of carbonyl (C=O) groups excluding carboxylic acids is 1. The first-order valence-electron chi connectivity index (χ1n) is 6.87. The molecule has 1 fully saturated rings. The van der Waals surface area contributed by atoms with Crippen LogP contribution in [0.1, 0.15) is 31.2 Å². The number of esters is 1. The van der Waals surface area contributed by atoms with Gasteiger partial charge < -0.3 is 4.74 Å². The van der Waals surface area contributed by atoms with Crippen LogP contribution in [0.15, 0.2) is 23.8 Å². The predicted octanol–water partition coefficient (Wildman–Crippen LogP) is 4.74. The number of allylic oxidation sites excluding steroid dienone is 1. The lowest BCUT2D eigenvalue weighted by atomic mass is 9.80.